The number of aromatic nitrogens is 1. The average molecular weight is 248 g/mol. The molecule has 1 aromatic heterocycles. The van der Waals surface area contributed by atoms with E-state index in [2.05, 4.69) is 24.3 Å². The van der Waals surface area contributed by atoms with Gasteiger partial charge in [0.1, 0.15) is 11.5 Å². The fourth-order valence-corrected chi connectivity index (χ4v) is 1.73. The lowest BCUT2D eigenvalue weighted by molar-refractivity contribution is 0.415. The molecule has 0 aliphatic rings. The van der Waals surface area contributed by atoms with Crippen LogP contribution in [0.25, 0.3) is 11.3 Å². The van der Waals surface area contributed by atoms with E-state index in [-0.39, 0.29) is 5.82 Å². The Morgan fingerprint density at radius 3 is 2.72 bits per heavy atom. The van der Waals surface area contributed by atoms with Gasteiger partial charge in [0, 0.05) is 18.2 Å². The Hall–Kier alpha value is -1.68. The molecule has 0 aliphatic heterocycles. The Bertz CT molecular complexity index is 534. The number of nitrogens with zero attached hydrogens (tertiary/aromatic N) is 1. The summed E-state index contributed by atoms with van der Waals surface area (Å²) in [4.78, 5) is 0. The molecule has 18 heavy (non-hydrogen) atoms. The van der Waals surface area contributed by atoms with Crippen LogP contribution >= 0.6 is 0 Å². The van der Waals surface area contributed by atoms with Gasteiger partial charge in [-0.3, -0.25) is 0 Å². The zero-order valence-corrected chi connectivity index (χ0v) is 10.8. The van der Waals surface area contributed by atoms with E-state index in [1.54, 1.807) is 18.2 Å². The number of nitrogens with one attached hydrogen (secondary N) is 1. The van der Waals surface area contributed by atoms with Crippen molar-refractivity contribution in [3.63, 3.8) is 0 Å². The molecule has 96 valence electrons. The van der Waals surface area contributed by atoms with E-state index in [1.165, 1.54) is 6.07 Å². The average Bonchev–Trinajstić information content (AvgIpc) is 2.69. The van der Waals surface area contributed by atoms with Crippen LogP contribution in [0.15, 0.2) is 28.8 Å². The van der Waals surface area contributed by atoms with Gasteiger partial charge >= 0.3 is 0 Å². The molecule has 0 aliphatic carbocycles. The number of hydrogen-bond donors (Lipinski definition) is 1. The molecule has 0 amide bonds. The van der Waals surface area contributed by atoms with E-state index in [0.29, 0.717) is 23.9 Å². The predicted molar refractivity (Wildman–Crippen MR) is 68.6 cm³/mol. The molecule has 0 radical (unpaired) electrons. The van der Waals surface area contributed by atoms with Crippen molar-refractivity contribution in [2.24, 2.45) is 0 Å². The largest absolute Gasteiger partial charge is 0.356 e. The first-order chi connectivity index (χ1) is 8.59. The van der Waals surface area contributed by atoms with Gasteiger partial charge in [0.15, 0.2) is 5.76 Å². The van der Waals surface area contributed by atoms with Gasteiger partial charge in [0.05, 0.1) is 5.56 Å². The third-order valence-electron chi connectivity index (χ3n) is 2.82. The van der Waals surface area contributed by atoms with Gasteiger partial charge in [0.25, 0.3) is 0 Å². The van der Waals surface area contributed by atoms with Gasteiger partial charge in [-0.1, -0.05) is 31.1 Å². The number of hydrogen-bond acceptors (Lipinski definition) is 3. The van der Waals surface area contributed by atoms with E-state index < -0.39 is 0 Å². The fraction of sp³-hybridized carbons (Fsp3) is 0.357. The second-order valence-electron chi connectivity index (χ2n) is 4.60. The van der Waals surface area contributed by atoms with Crippen molar-refractivity contribution in [1.29, 1.82) is 0 Å². The SMILES string of the molecule is Cc1c(CNC(C)C)noc1-c1ccccc1F. The molecule has 0 saturated carbocycles. The van der Waals surface area contributed by atoms with Crippen molar-refractivity contribution in [2.75, 3.05) is 0 Å². The summed E-state index contributed by atoms with van der Waals surface area (Å²) >= 11 is 0. The minimum atomic E-state index is -0.292. The Kier molecular flexibility index (Phi) is 3.77. The van der Waals surface area contributed by atoms with Gasteiger partial charge in [-0.05, 0) is 19.1 Å². The molecular formula is C14H17FN2O. The molecule has 0 unspecified atom stereocenters. The normalized spacial score (nSPS) is 11.2. The maximum atomic E-state index is 13.7. The second kappa shape index (κ2) is 5.31. The van der Waals surface area contributed by atoms with E-state index in [9.17, 15) is 4.39 Å². The van der Waals surface area contributed by atoms with Crippen molar-refractivity contribution in [2.45, 2.75) is 33.4 Å². The molecule has 4 heteroatoms. The molecule has 0 bridgehead atoms. The van der Waals surface area contributed by atoms with Crippen LogP contribution in [0.2, 0.25) is 0 Å². The van der Waals surface area contributed by atoms with Crippen molar-refractivity contribution in [3.05, 3.63) is 41.3 Å². The predicted octanol–water partition coefficient (Wildman–Crippen LogP) is 3.29. The number of halogens is 1. The van der Waals surface area contributed by atoms with Crippen LogP contribution in [0.1, 0.15) is 25.1 Å². The molecule has 3 nitrogen and oxygen atoms in total. The first kappa shape index (κ1) is 12.8. The Balaban J connectivity index is 2.28. The lowest BCUT2D eigenvalue weighted by Crippen LogP contribution is -2.22. The van der Waals surface area contributed by atoms with Gasteiger partial charge < -0.3 is 9.84 Å². The highest BCUT2D eigenvalue weighted by atomic mass is 19.1. The summed E-state index contributed by atoms with van der Waals surface area (Å²) in [6.07, 6.45) is 0. The van der Waals surface area contributed by atoms with Crippen LogP contribution in [0.5, 0.6) is 0 Å². The lowest BCUT2D eigenvalue weighted by atomic mass is 10.1. The summed E-state index contributed by atoms with van der Waals surface area (Å²) in [7, 11) is 0. The van der Waals surface area contributed by atoms with Crippen LogP contribution in [-0.2, 0) is 6.54 Å². The Morgan fingerprint density at radius 2 is 2.06 bits per heavy atom. The summed E-state index contributed by atoms with van der Waals surface area (Å²) in [6.45, 7) is 6.65. The molecule has 1 heterocycles. The topological polar surface area (TPSA) is 38.1 Å². The van der Waals surface area contributed by atoms with E-state index in [1.807, 2.05) is 6.92 Å². The molecule has 2 rings (SSSR count). The molecule has 0 fully saturated rings. The monoisotopic (exact) mass is 248 g/mol. The van der Waals surface area contributed by atoms with Crippen LogP contribution < -0.4 is 5.32 Å². The van der Waals surface area contributed by atoms with Crippen molar-refractivity contribution >= 4 is 0 Å². The van der Waals surface area contributed by atoms with Crippen LogP contribution in [0.4, 0.5) is 4.39 Å². The van der Waals surface area contributed by atoms with Crippen LogP contribution in [-0.4, -0.2) is 11.2 Å². The van der Waals surface area contributed by atoms with Crippen molar-refractivity contribution < 1.29 is 8.91 Å². The van der Waals surface area contributed by atoms with Gasteiger partial charge in [-0.15, -0.1) is 0 Å². The highest BCUT2D eigenvalue weighted by molar-refractivity contribution is 5.62. The van der Waals surface area contributed by atoms with Crippen molar-refractivity contribution in [1.82, 2.24) is 10.5 Å². The van der Waals surface area contributed by atoms with Crippen LogP contribution in [0.3, 0.4) is 0 Å². The minimum Gasteiger partial charge on any atom is -0.356 e. The quantitative estimate of drug-likeness (QED) is 0.902. The maximum Gasteiger partial charge on any atom is 0.173 e. The molecule has 1 N–H and O–H groups in total. The first-order valence-electron chi connectivity index (χ1n) is 6.03. The summed E-state index contributed by atoms with van der Waals surface area (Å²) in [5.74, 6) is 0.216. The smallest absolute Gasteiger partial charge is 0.173 e. The first-order valence-corrected chi connectivity index (χ1v) is 6.03. The minimum absolute atomic E-state index is 0.292. The third kappa shape index (κ3) is 2.59. The zero-order chi connectivity index (χ0) is 13.1. The molecule has 0 spiro atoms. The van der Waals surface area contributed by atoms with Crippen molar-refractivity contribution in [3.8, 4) is 11.3 Å². The fourth-order valence-electron chi connectivity index (χ4n) is 1.73. The number of benzene rings is 1. The summed E-state index contributed by atoms with van der Waals surface area (Å²) in [5, 5.41) is 7.27. The van der Waals surface area contributed by atoms with Gasteiger partial charge in [-0.25, -0.2) is 4.39 Å². The van der Waals surface area contributed by atoms with Crippen LogP contribution in [0, 0.1) is 12.7 Å². The van der Waals surface area contributed by atoms with E-state index in [0.717, 1.165) is 11.3 Å². The standard InChI is InChI=1S/C14H17FN2O/c1-9(2)16-8-13-10(3)14(18-17-13)11-6-4-5-7-12(11)15/h4-7,9,16H,8H2,1-3H3. The molecule has 2 aromatic rings. The van der Waals surface area contributed by atoms with Gasteiger partial charge in [0.2, 0.25) is 0 Å². The van der Waals surface area contributed by atoms with E-state index in [4.69, 9.17) is 4.52 Å². The zero-order valence-electron chi connectivity index (χ0n) is 10.8. The maximum absolute atomic E-state index is 13.7. The molecule has 0 saturated heterocycles. The summed E-state index contributed by atoms with van der Waals surface area (Å²) in [5.41, 5.74) is 2.16. The molecule has 0 atom stereocenters. The third-order valence-corrected chi connectivity index (χ3v) is 2.82. The van der Waals surface area contributed by atoms with E-state index >= 15 is 0 Å². The summed E-state index contributed by atoms with van der Waals surface area (Å²) in [6, 6.07) is 6.93. The highest BCUT2D eigenvalue weighted by Gasteiger charge is 2.16. The molecule has 1 aromatic carbocycles. The lowest BCUT2D eigenvalue weighted by Gasteiger charge is -2.05. The number of rotatable bonds is 4. The molecular weight excluding hydrogens is 231 g/mol. The Labute approximate surface area is 106 Å². The highest BCUT2D eigenvalue weighted by Crippen LogP contribution is 2.27. The second-order valence-corrected chi connectivity index (χ2v) is 4.60. The summed E-state index contributed by atoms with van der Waals surface area (Å²) < 4.78 is 18.9. The van der Waals surface area contributed by atoms with Gasteiger partial charge in [-0.2, -0.15) is 0 Å². The Morgan fingerprint density at radius 1 is 1.33 bits per heavy atom.